The van der Waals surface area contributed by atoms with Gasteiger partial charge in [-0.3, -0.25) is 0 Å². The third kappa shape index (κ3) is 4.01. The summed E-state index contributed by atoms with van der Waals surface area (Å²) in [4.78, 5) is 4.32. The van der Waals surface area contributed by atoms with E-state index in [1.54, 1.807) is 32.0 Å². The summed E-state index contributed by atoms with van der Waals surface area (Å²) in [6, 6.07) is 7.19. The largest absolute Gasteiger partial charge is 0.264 e. The summed E-state index contributed by atoms with van der Waals surface area (Å²) < 4.78 is 29.9. The number of aromatic nitrogens is 3. The molecule has 3 aromatic rings. The highest BCUT2D eigenvalue weighted by Crippen LogP contribution is 2.28. The molecule has 3 rings (SSSR count). The second-order valence-electron chi connectivity index (χ2n) is 6.66. The first-order chi connectivity index (χ1) is 13.1. The van der Waals surface area contributed by atoms with Gasteiger partial charge in [0.25, 0.3) is 16.0 Å². The van der Waals surface area contributed by atoms with E-state index in [2.05, 4.69) is 14.8 Å². The number of rotatable bonds is 5. The van der Waals surface area contributed by atoms with Gasteiger partial charge in [0.05, 0.1) is 11.4 Å². The van der Waals surface area contributed by atoms with Crippen molar-refractivity contribution < 1.29 is 8.42 Å². The Morgan fingerprint density at radius 2 is 1.61 bits per heavy atom. The number of nitrogens with one attached hydrogen (secondary N) is 1. The molecule has 1 heterocycles. The molecule has 0 amide bonds. The third-order valence-corrected chi connectivity index (χ3v) is 7.02. The molecule has 0 spiro atoms. The van der Waals surface area contributed by atoms with Gasteiger partial charge in [-0.15, -0.1) is 5.10 Å². The number of hydrogen-bond acceptors (Lipinski definition) is 4. The standard InChI is InChI=1S/C19H20Cl2N4O2S/c1-11-8-12(2)14(4)18(13(11)3)28(26,27)24-19-22-10-25(23-19)9-15-16(20)6-5-7-17(15)21/h5-8,10H,9H2,1-4H3,(H,23,24). The second-order valence-corrected chi connectivity index (χ2v) is 9.09. The van der Waals surface area contributed by atoms with Crippen LogP contribution in [0.25, 0.3) is 0 Å². The van der Waals surface area contributed by atoms with E-state index in [4.69, 9.17) is 23.2 Å². The van der Waals surface area contributed by atoms with Gasteiger partial charge in [-0.25, -0.2) is 17.8 Å². The monoisotopic (exact) mass is 438 g/mol. The maximum atomic E-state index is 13.0. The van der Waals surface area contributed by atoms with Gasteiger partial charge in [-0.1, -0.05) is 35.3 Å². The van der Waals surface area contributed by atoms with Crippen LogP contribution in [0, 0.1) is 27.7 Å². The number of nitrogens with zero attached hydrogens (tertiary/aromatic N) is 3. The average Bonchev–Trinajstić information content (AvgIpc) is 3.03. The van der Waals surface area contributed by atoms with E-state index < -0.39 is 10.0 Å². The van der Waals surface area contributed by atoms with Crippen molar-refractivity contribution in [3.63, 3.8) is 0 Å². The molecule has 9 heteroatoms. The summed E-state index contributed by atoms with van der Waals surface area (Å²) in [5.41, 5.74) is 3.92. The molecule has 28 heavy (non-hydrogen) atoms. The lowest BCUT2D eigenvalue weighted by atomic mass is 10.0. The molecule has 6 nitrogen and oxygen atoms in total. The summed E-state index contributed by atoms with van der Waals surface area (Å²) >= 11 is 12.4. The number of aryl methyl sites for hydroxylation is 2. The molecule has 1 N–H and O–H groups in total. The molecule has 0 radical (unpaired) electrons. The summed E-state index contributed by atoms with van der Waals surface area (Å²) in [5, 5.41) is 5.21. The van der Waals surface area contributed by atoms with Crippen LogP contribution >= 0.6 is 23.2 Å². The molecule has 1 aromatic heterocycles. The lowest BCUT2D eigenvalue weighted by Crippen LogP contribution is -2.18. The van der Waals surface area contributed by atoms with E-state index in [-0.39, 0.29) is 17.4 Å². The van der Waals surface area contributed by atoms with Crippen LogP contribution in [-0.2, 0) is 16.6 Å². The molecular formula is C19H20Cl2N4O2S. The summed E-state index contributed by atoms with van der Waals surface area (Å²) in [7, 11) is -3.84. The van der Waals surface area contributed by atoms with Crippen molar-refractivity contribution in [2.75, 3.05) is 4.72 Å². The molecule has 2 aromatic carbocycles. The van der Waals surface area contributed by atoms with Crippen LogP contribution < -0.4 is 4.72 Å². The van der Waals surface area contributed by atoms with Crippen molar-refractivity contribution in [1.82, 2.24) is 14.8 Å². The minimum absolute atomic E-state index is 0.0128. The number of sulfonamides is 1. The average molecular weight is 439 g/mol. The zero-order valence-corrected chi connectivity index (χ0v) is 18.2. The van der Waals surface area contributed by atoms with Crippen LogP contribution in [0.15, 0.2) is 35.5 Å². The Morgan fingerprint density at radius 1 is 1.04 bits per heavy atom. The van der Waals surface area contributed by atoms with E-state index in [1.807, 2.05) is 19.9 Å². The zero-order valence-electron chi connectivity index (χ0n) is 15.9. The van der Waals surface area contributed by atoms with Crippen molar-refractivity contribution in [1.29, 1.82) is 0 Å². The Morgan fingerprint density at radius 3 is 2.18 bits per heavy atom. The fourth-order valence-corrected chi connectivity index (χ4v) is 5.10. The summed E-state index contributed by atoms with van der Waals surface area (Å²) in [5.74, 6) is -0.0128. The van der Waals surface area contributed by atoms with Gasteiger partial charge >= 0.3 is 0 Å². The maximum absolute atomic E-state index is 13.0. The van der Waals surface area contributed by atoms with Crippen LogP contribution in [0.2, 0.25) is 10.0 Å². The van der Waals surface area contributed by atoms with Gasteiger partial charge < -0.3 is 0 Å². The molecule has 0 unspecified atom stereocenters. The lowest BCUT2D eigenvalue weighted by molar-refractivity contribution is 0.599. The highest BCUT2D eigenvalue weighted by atomic mass is 35.5. The molecule has 0 aliphatic rings. The molecule has 0 bridgehead atoms. The highest BCUT2D eigenvalue weighted by Gasteiger charge is 2.23. The summed E-state index contributed by atoms with van der Waals surface area (Å²) in [6.45, 7) is 7.64. The fourth-order valence-electron chi connectivity index (χ4n) is 3.02. The molecule has 0 saturated carbocycles. The van der Waals surface area contributed by atoms with Gasteiger partial charge in [0.15, 0.2) is 0 Å². The van der Waals surface area contributed by atoms with Crippen molar-refractivity contribution in [2.45, 2.75) is 39.1 Å². The highest BCUT2D eigenvalue weighted by molar-refractivity contribution is 7.92. The molecular weight excluding hydrogens is 419 g/mol. The second kappa shape index (κ2) is 7.73. The van der Waals surface area contributed by atoms with E-state index in [0.29, 0.717) is 26.7 Å². The fraction of sp³-hybridized carbons (Fsp3) is 0.263. The van der Waals surface area contributed by atoms with E-state index in [0.717, 1.165) is 11.1 Å². The zero-order chi connectivity index (χ0) is 20.6. The third-order valence-electron chi connectivity index (χ3n) is 4.71. The van der Waals surface area contributed by atoms with Crippen molar-refractivity contribution in [2.24, 2.45) is 0 Å². The van der Waals surface area contributed by atoms with E-state index >= 15 is 0 Å². The first kappa shape index (κ1) is 20.6. The van der Waals surface area contributed by atoms with Gasteiger partial charge in [0.1, 0.15) is 6.33 Å². The van der Waals surface area contributed by atoms with Crippen molar-refractivity contribution in [3.05, 3.63) is 68.5 Å². The van der Waals surface area contributed by atoms with Gasteiger partial charge in [-0.05, 0) is 62.1 Å². The molecule has 0 aliphatic carbocycles. The number of hydrogen-bond donors (Lipinski definition) is 1. The first-order valence-corrected chi connectivity index (χ1v) is 10.8. The van der Waals surface area contributed by atoms with Crippen LogP contribution in [-0.4, -0.2) is 23.2 Å². The Kier molecular flexibility index (Phi) is 5.70. The van der Waals surface area contributed by atoms with Gasteiger partial charge in [-0.2, -0.15) is 4.98 Å². The number of benzene rings is 2. The predicted octanol–water partition coefficient (Wildman–Crippen LogP) is 4.67. The van der Waals surface area contributed by atoms with Crippen molar-refractivity contribution >= 4 is 39.2 Å². The Hall–Kier alpha value is -2.09. The van der Waals surface area contributed by atoms with E-state index in [1.165, 1.54) is 11.0 Å². The van der Waals surface area contributed by atoms with Crippen LogP contribution in [0.5, 0.6) is 0 Å². The Bertz CT molecular complexity index is 1110. The Balaban J connectivity index is 1.90. The Labute approximate surface area is 174 Å². The normalized spacial score (nSPS) is 11.6. The topological polar surface area (TPSA) is 76.9 Å². The van der Waals surface area contributed by atoms with Crippen molar-refractivity contribution in [3.8, 4) is 0 Å². The minimum atomic E-state index is -3.84. The predicted molar refractivity (Wildman–Crippen MR) is 112 cm³/mol. The van der Waals surface area contributed by atoms with Gasteiger partial charge in [0.2, 0.25) is 0 Å². The van der Waals surface area contributed by atoms with E-state index in [9.17, 15) is 8.42 Å². The maximum Gasteiger partial charge on any atom is 0.264 e. The minimum Gasteiger partial charge on any atom is -0.246 e. The number of anilines is 1. The van der Waals surface area contributed by atoms with Crippen LogP contribution in [0.4, 0.5) is 5.95 Å². The molecule has 0 fully saturated rings. The first-order valence-electron chi connectivity index (χ1n) is 8.52. The SMILES string of the molecule is Cc1cc(C)c(C)c(S(=O)(=O)Nc2ncn(Cc3c(Cl)cccc3Cl)n2)c1C. The molecule has 0 saturated heterocycles. The molecule has 0 aliphatic heterocycles. The smallest absolute Gasteiger partial charge is 0.246 e. The van der Waals surface area contributed by atoms with Crippen LogP contribution in [0.3, 0.4) is 0 Å². The lowest BCUT2D eigenvalue weighted by Gasteiger charge is -2.15. The quantitative estimate of drug-likeness (QED) is 0.627. The number of halogens is 2. The van der Waals surface area contributed by atoms with Gasteiger partial charge in [0, 0.05) is 15.6 Å². The summed E-state index contributed by atoms with van der Waals surface area (Å²) in [6.07, 6.45) is 1.43. The molecule has 148 valence electrons. The molecule has 0 atom stereocenters. The van der Waals surface area contributed by atoms with Crippen LogP contribution in [0.1, 0.15) is 27.8 Å².